The van der Waals surface area contributed by atoms with E-state index in [1.807, 2.05) is 0 Å². The molecular weight excluding hydrogens is 293 g/mol. The van der Waals surface area contributed by atoms with E-state index in [2.05, 4.69) is 0 Å². The summed E-state index contributed by atoms with van der Waals surface area (Å²) < 4.78 is 26.0. The molecule has 5 heteroatoms. The second kappa shape index (κ2) is 5.87. The number of hydrogen-bond acceptors (Lipinski definition) is 1. The largest absolute Gasteiger partial charge is 0.388 e. The van der Waals surface area contributed by atoms with Gasteiger partial charge in [-0.15, -0.1) is 0 Å². The molecule has 1 atom stereocenters. The number of aliphatic hydroxyl groups excluding tert-OH is 1. The van der Waals surface area contributed by atoms with Gasteiger partial charge in [-0.25, -0.2) is 8.78 Å². The summed E-state index contributed by atoms with van der Waals surface area (Å²) >= 11 is 11.3. The van der Waals surface area contributed by atoms with E-state index >= 15 is 0 Å². The molecule has 2 rings (SSSR count). The third-order valence-electron chi connectivity index (χ3n) is 2.74. The van der Waals surface area contributed by atoms with Gasteiger partial charge in [0.15, 0.2) is 0 Å². The summed E-state index contributed by atoms with van der Waals surface area (Å²) in [4.78, 5) is 0. The van der Waals surface area contributed by atoms with Crippen molar-refractivity contribution in [2.75, 3.05) is 0 Å². The maximum atomic E-state index is 13.0. The Labute approximate surface area is 119 Å². The molecule has 1 nitrogen and oxygen atoms in total. The molecular formula is C14H10Cl2F2O. The molecule has 0 aromatic heterocycles. The molecule has 0 radical (unpaired) electrons. The van der Waals surface area contributed by atoms with Gasteiger partial charge in [-0.05, 0) is 35.4 Å². The van der Waals surface area contributed by atoms with E-state index in [0.29, 0.717) is 11.1 Å². The van der Waals surface area contributed by atoms with E-state index in [9.17, 15) is 13.9 Å². The van der Waals surface area contributed by atoms with Crippen LogP contribution in [0.2, 0.25) is 10.0 Å². The number of hydrogen-bond donors (Lipinski definition) is 1. The molecule has 2 aromatic rings. The number of benzene rings is 2. The molecule has 0 fully saturated rings. The van der Waals surface area contributed by atoms with Crippen LogP contribution in [0, 0.1) is 11.6 Å². The van der Waals surface area contributed by atoms with Gasteiger partial charge in [0.1, 0.15) is 11.6 Å². The summed E-state index contributed by atoms with van der Waals surface area (Å²) in [6.45, 7) is 0. The van der Waals surface area contributed by atoms with Crippen molar-refractivity contribution in [1.82, 2.24) is 0 Å². The lowest BCUT2D eigenvalue weighted by molar-refractivity contribution is 0.178. The average Bonchev–Trinajstić information content (AvgIpc) is 2.37. The zero-order valence-corrected chi connectivity index (χ0v) is 11.2. The van der Waals surface area contributed by atoms with E-state index < -0.39 is 17.7 Å². The molecule has 0 saturated heterocycles. The Morgan fingerprint density at radius 3 is 2.11 bits per heavy atom. The highest BCUT2D eigenvalue weighted by Gasteiger charge is 2.12. The van der Waals surface area contributed by atoms with Crippen LogP contribution >= 0.6 is 23.2 Å². The Morgan fingerprint density at radius 2 is 1.53 bits per heavy atom. The predicted octanol–water partition coefficient (Wildman–Crippen LogP) is 4.55. The zero-order chi connectivity index (χ0) is 14.0. The van der Waals surface area contributed by atoms with Crippen molar-refractivity contribution in [3.8, 4) is 0 Å². The lowest BCUT2D eigenvalue weighted by Crippen LogP contribution is -2.02. The molecule has 0 spiro atoms. The molecule has 1 unspecified atom stereocenters. The van der Waals surface area contributed by atoms with Gasteiger partial charge < -0.3 is 5.11 Å². The maximum absolute atomic E-state index is 13.0. The van der Waals surface area contributed by atoms with Gasteiger partial charge in [0, 0.05) is 6.42 Å². The molecule has 19 heavy (non-hydrogen) atoms. The summed E-state index contributed by atoms with van der Waals surface area (Å²) in [5, 5.41) is 9.99. The van der Waals surface area contributed by atoms with E-state index in [1.54, 1.807) is 0 Å². The van der Waals surface area contributed by atoms with Crippen molar-refractivity contribution < 1.29 is 13.9 Å². The minimum Gasteiger partial charge on any atom is -0.388 e. The van der Waals surface area contributed by atoms with E-state index in [0.717, 1.165) is 0 Å². The van der Waals surface area contributed by atoms with Crippen LogP contribution in [0.25, 0.3) is 0 Å². The van der Waals surface area contributed by atoms with Gasteiger partial charge in [0.2, 0.25) is 0 Å². The monoisotopic (exact) mass is 302 g/mol. The molecule has 0 aliphatic heterocycles. The highest BCUT2D eigenvalue weighted by Crippen LogP contribution is 2.25. The van der Waals surface area contributed by atoms with E-state index in [1.165, 1.54) is 36.4 Å². The lowest BCUT2D eigenvalue weighted by Gasteiger charge is -2.12. The maximum Gasteiger partial charge on any atom is 0.141 e. The van der Waals surface area contributed by atoms with Gasteiger partial charge in [0.05, 0.1) is 16.1 Å². The minimum atomic E-state index is -0.861. The van der Waals surface area contributed by atoms with Crippen molar-refractivity contribution in [1.29, 1.82) is 0 Å². The molecule has 2 aromatic carbocycles. The Balaban J connectivity index is 2.17. The standard InChI is InChI=1S/C14H10Cl2F2O/c15-10-5-8(1-3-12(10)17)6-14(19)9-2-4-13(18)11(16)7-9/h1-5,7,14,19H,6H2. The summed E-state index contributed by atoms with van der Waals surface area (Å²) in [6, 6.07) is 8.24. The first-order valence-corrected chi connectivity index (χ1v) is 6.30. The zero-order valence-electron chi connectivity index (χ0n) is 9.71. The highest BCUT2D eigenvalue weighted by atomic mass is 35.5. The van der Waals surface area contributed by atoms with Crippen LogP contribution in [0.5, 0.6) is 0 Å². The van der Waals surface area contributed by atoms with Crippen molar-refractivity contribution in [3.63, 3.8) is 0 Å². The Morgan fingerprint density at radius 1 is 0.947 bits per heavy atom. The van der Waals surface area contributed by atoms with Crippen LogP contribution in [0.1, 0.15) is 17.2 Å². The Kier molecular flexibility index (Phi) is 4.40. The minimum absolute atomic E-state index is 0.00170. The molecule has 0 aliphatic rings. The summed E-state index contributed by atoms with van der Waals surface area (Å²) in [6.07, 6.45) is -0.623. The molecule has 0 bridgehead atoms. The SMILES string of the molecule is OC(Cc1ccc(F)c(Cl)c1)c1ccc(F)c(Cl)c1. The van der Waals surface area contributed by atoms with E-state index in [-0.39, 0.29) is 16.5 Å². The first-order valence-electron chi connectivity index (χ1n) is 5.54. The average molecular weight is 303 g/mol. The molecule has 0 saturated carbocycles. The molecule has 0 heterocycles. The topological polar surface area (TPSA) is 20.2 Å². The van der Waals surface area contributed by atoms with Crippen molar-refractivity contribution in [3.05, 3.63) is 69.2 Å². The lowest BCUT2D eigenvalue weighted by atomic mass is 10.0. The van der Waals surface area contributed by atoms with Crippen LogP contribution < -0.4 is 0 Å². The van der Waals surface area contributed by atoms with Crippen LogP contribution in [0.15, 0.2) is 36.4 Å². The fourth-order valence-electron chi connectivity index (χ4n) is 1.73. The van der Waals surface area contributed by atoms with Crippen molar-refractivity contribution in [2.45, 2.75) is 12.5 Å². The number of rotatable bonds is 3. The predicted molar refractivity (Wildman–Crippen MR) is 71.5 cm³/mol. The Hall–Kier alpha value is -1.16. The van der Waals surface area contributed by atoms with Crippen LogP contribution in [0.4, 0.5) is 8.78 Å². The fourth-order valence-corrected chi connectivity index (χ4v) is 2.12. The number of aliphatic hydroxyl groups is 1. The third kappa shape index (κ3) is 3.44. The van der Waals surface area contributed by atoms with Gasteiger partial charge in [-0.2, -0.15) is 0 Å². The van der Waals surface area contributed by atoms with Gasteiger partial charge in [-0.1, -0.05) is 35.3 Å². The van der Waals surface area contributed by atoms with Gasteiger partial charge in [-0.3, -0.25) is 0 Å². The normalized spacial score (nSPS) is 12.5. The smallest absolute Gasteiger partial charge is 0.141 e. The summed E-state index contributed by atoms with van der Waals surface area (Å²) in [5.41, 5.74) is 1.17. The van der Waals surface area contributed by atoms with Crippen molar-refractivity contribution in [2.24, 2.45) is 0 Å². The fraction of sp³-hybridized carbons (Fsp3) is 0.143. The van der Waals surface area contributed by atoms with Crippen LogP contribution in [-0.4, -0.2) is 5.11 Å². The first-order chi connectivity index (χ1) is 8.97. The molecule has 1 N–H and O–H groups in total. The second-order valence-electron chi connectivity index (χ2n) is 4.14. The van der Waals surface area contributed by atoms with Gasteiger partial charge in [0.25, 0.3) is 0 Å². The third-order valence-corrected chi connectivity index (χ3v) is 3.32. The van der Waals surface area contributed by atoms with Crippen molar-refractivity contribution >= 4 is 23.2 Å². The highest BCUT2D eigenvalue weighted by molar-refractivity contribution is 6.31. The quantitative estimate of drug-likeness (QED) is 0.882. The number of halogens is 4. The summed E-state index contributed by atoms with van der Waals surface area (Å²) in [5.74, 6) is -1.05. The van der Waals surface area contributed by atoms with Gasteiger partial charge >= 0.3 is 0 Å². The molecule has 100 valence electrons. The second-order valence-corrected chi connectivity index (χ2v) is 4.96. The van der Waals surface area contributed by atoms with Crippen LogP contribution in [-0.2, 0) is 6.42 Å². The summed E-state index contributed by atoms with van der Waals surface area (Å²) in [7, 11) is 0. The molecule has 0 aliphatic carbocycles. The Bertz CT molecular complexity index is 602. The van der Waals surface area contributed by atoms with E-state index in [4.69, 9.17) is 23.2 Å². The molecule has 0 amide bonds. The van der Waals surface area contributed by atoms with Crippen LogP contribution in [0.3, 0.4) is 0 Å². The first kappa shape index (κ1) is 14.3.